The standard InChI is InChI=1S/C17H16N2O4S3/c1-2-24-17-18-13-5-3-11(9-16(13)25-17)19-26(20,21)12-4-6-14-15(10-12)23-8-7-22-14/h3-6,9-10,19H,2,7-8H2,1H3. The lowest BCUT2D eigenvalue weighted by Gasteiger charge is -2.19. The Bertz CT molecular complexity index is 1060. The Morgan fingerprint density at radius 1 is 1.15 bits per heavy atom. The molecule has 0 fully saturated rings. The second-order valence-electron chi connectivity index (χ2n) is 5.51. The zero-order valence-corrected chi connectivity index (χ0v) is 16.3. The van der Waals surface area contributed by atoms with Crippen LogP contribution in [0.15, 0.2) is 45.6 Å². The first-order valence-corrected chi connectivity index (χ1v) is 11.3. The van der Waals surface area contributed by atoms with Crippen molar-refractivity contribution in [3.8, 4) is 11.5 Å². The lowest BCUT2D eigenvalue weighted by molar-refractivity contribution is 0.171. The van der Waals surface area contributed by atoms with Crippen molar-refractivity contribution in [1.29, 1.82) is 0 Å². The van der Waals surface area contributed by atoms with Gasteiger partial charge in [0.1, 0.15) is 13.2 Å². The number of hydrogen-bond donors (Lipinski definition) is 1. The number of thiazole rings is 1. The zero-order chi connectivity index (χ0) is 18.1. The van der Waals surface area contributed by atoms with Crippen molar-refractivity contribution in [2.45, 2.75) is 16.2 Å². The van der Waals surface area contributed by atoms with Crippen molar-refractivity contribution in [3.05, 3.63) is 36.4 Å². The topological polar surface area (TPSA) is 77.5 Å². The number of rotatable bonds is 5. The van der Waals surface area contributed by atoms with Gasteiger partial charge >= 0.3 is 0 Å². The maximum Gasteiger partial charge on any atom is 0.262 e. The molecule has 0 bridgehead atoms. The number of sulfonamides is 1. The van der Waals surface area contributed by atoms with Crippen LogP contribution in [0, 0.1) is 0 Å². The smallest absolute Gasteiger partial charge is 0.262 e. The molecule has 4 rings (SSSR count). The minimum atomic E-state index is -3.73. The van der Waals surface area contributed by atoms with Crippen LogP contribution in [-0.2, 0) is 10.0 Å². The van der Waals surface area contributed by atoms with Crippen molar-refractivity contribution in [2.24, 2.45) is 0 Å². The predicted molar refractivity (Wildman–Crippen MR) is 104 cm³/mol. The van der Waals surface area contributed by atoms with E-state index >= 15 is 0 Å². The van der Waals surface area contributed by atoms with Gasteiger partial charge in [-0.25, -0.2) is 13.4 Å². The Morgan fingerprint density at radius 3 is 2.77 bits per heavy atom. The third kappa shape index (κ3) is 3.46. The third-order valence-corrected chi connectivity index (χ3v) is 7.14. The molecule has 0 aliphatic carbocycles. The number of fused-ring (bicyclic) bond motifs is 2. The maximum atomic E-state index is 12.7. The molecular formula is C17H16N2O4S3. The summed E-state index contributed by atoms with van der Waals surface area (Å²) >= 11 is 3.23. The van der Waals surface area contributed by atoms with Gasteiger partial charge in [-0.3, -0.25) is 4.72 Å². The Labute approximate surface area is 159 Å². The van der Waals surface area contributed by atoms with Crippen LogP contribution in [0.3, 0.4) is 0 Å². The first-order chi connectivity index (χ1) is 12.5. The van der Waals surface area contributed by atoms with Crippen LogP contribution in [-0.4, -0.2) is 32.4 Å². The maximum absolute atomic E-state index is 12.7. The molecule has 2 aromatic carbocycles. The van der Waals surface area contributed by atoms with Gasteiger partial charge in [0.15, 0.2) is 15.8 Å². The van der Waals surface area contributed by atoms with E-state index in [1.54, 1.807) is 35.2 Å². The normalized spacial score (nSPS) is 13.7. The molecule has 0 unspecified atom stereocenters. The molecule has 1 aliphatic rings. The summed E-state index contributed by atoms with van der Waals surface area (Å²) in [5.41, 5.74) is 1.37. The average molecular weight is 409 g/mol. The Morgan fingerprint density at radius 2 is 1.96 bits per heavy atom. The summed E-state index contributed by atoms with van der Waals surface area (Å²) in [6.45, 7) is 2.94. The fourth-order valence-corrected chi connectivity index (χ4v) is 5.63. The quantitative estimate of drug-likeness (QED) is 0.644. The first kappa shape index (κ1) is 17.4. The molecule has 1 aliphatic heterocycles. The van der Waals surface area contributed by atoms with Gasteiger partial charge in [0, 0.05) is 6.07 Å². The molecule has 9 heteroatoms. The second kappa shape index (κ2) is 6.98. The monoisotopic (exact) mass is 408 g/mol. The summed E-state index contributed by atoms with van der Waals surface area (Å²) in [4.78, 5) is 4.65. The largest absolute Gasteiger partial charge is 0.486 e. The highest BCUT2D eigenvalue weighted by molar-refractivity contribution is 8.01. The summed E-state index contributed by atoms with van der Waals surface area (Å²) in [7, 11) is -3.73. The van der Waals surface area contributed by atoms with E-state index in [1.165, 1.54) is 12.1 Å². The van der Waals surface area contributed by atoms with Crippen LogP contribution in [0.25, 0.3) is 10.2 Å². The van der Waals surface area contributed by atoms with Gasteiger partial charge in [-0.2, -0.15) is 0 Å². The van der Waals surface area contributed by atoms with Crippen LogP contribution >= 0.6 is 23.1 Å². The van der Waals surface area contributed by atoms with E-state index in [1.807, 2.05) is 12.1 Å². The van der Waals surface area contributed by atoms with Gasteiger partial charge in [-0.15, -0.1) is 11.3 Å². The molecule has 0 radical (unpaired) electrons. The van der Waals surface area contributed by atoms with E-state index in [-0.39, 0.29) is 4.90 Å². The molecule has 2 heterocycles. The predicted octanol–water partition coefficient (Wildman–Crippen LogP) is 3.98. The highest BCUT2D eigenvalue weighted by atomic mass is 32.2. The molecule has 136 valence electrons. The molecule has 0 atom stereocenters. The third-order valence-electron chi connectivity index (χ3n) is 3.71. The molecule has 26 heavy (non-hydrogen) atoms. The van der Waals surface area contributed by atoms with Crippen molar-refractivity contribution < 1.29 is 17.9 Å². The molecule has 1 aromatic heterocycles. The molecule has 1 N–H and O–H groups in total. The Balaban J connectivity index is 1.62. The number of nitrogens with one attached hydrogen (secondary N) is 1. The lowest BCUT2D eigenvalue weighted by atomic mass is 10.3. The van der Waals surface area contributed by atoms with E-state index in [2.05, 4.69) is 16.6 Å². The minimum absolute atomic E-state index is 0.133. The van der Waals surface area contributed by atoms with E-state index in [0.29, 0.717) is 30.4 Å². The summed E-state index contributed by atoms with van der Waals surface area (Å²) in [6.07, 6.45) is 0. The van der Waals surface area contributed by atoms with Crippen molar-refractivity contribution in [1.82, 2.24) is 4.98 Å². The second-order valence-corrected chi connectivity index (χ2v) is 9.73. The number of anilines is 1. The molecule has 0 saturated carbocycles. The van der Waals surface area contributed by atoms with E-state index in [4.69, 9.17) is 9.47 Å². The summed E-state index contributed by atoms with van der Waals surface area (Å²) in [6, 6.07) is 9.96. The van der Waals surface area contributed by atoms with Crippen molar-refractivity contribution >= 4 is 49.0 Å². The lowest BCUT2D eigenvalue weighted by Crippen LogP contribution is -2.17. The van der Waals surface area contributed by atoms with Gasteiger partial charge in [-0.1, -0.05) is 18.7 Å². The summed E-state index contributed by atoms with van der Waals surface area (Å²) < 4.78 is 40.9. The van der Waals surface area contributed by atoms with Crippen molar-refractivity contribution in [3.63, 3.8) is 0 Å². The molecule has 0 amide bonds. The number of aromatic nitrogens is 1. The Hall–Kier alpha value is -1.97. The summed E-state index contributed by atoms with van der Waals surface area (Å²) in [5, 5.41) is 0. The van der Waals surface area contributed by atoms with Crippen LogP contribution in [0.2, 0.25) is 0 Å². The SMILES string of the molecule is CCSc1nc2ccc(NS(=O)(=O)c3ccc4c(c3)OCCO4)cc2s1. The van der Waals surface area contributed by atoms with Gasteiger partial charge in [-0.05, 0) is 36.1 Å². The number of nitrogens with zero attached hydrogens (tertiary/aromatic N) is 1. The summed E-state index contributed by atoms with van der Waals surface area (Å²) in [5.74, 6) is 1.95. The zero-order valence-electron chi connectivity index (χ0n) is 13.9. The van der Waals surface area contributed by atoms with Gasteiger partial charge in [0.05, 0.1) is 20.8 Å². The molecule has 6 nitrogen and oxygen atoms in total. The van der Waals surface area contributed by atoms with E-state index < -0.39 is 10.0 Å². The number of ether oxygens (including phenoxy) is 2. The molecule has 0 spiro atoms. The van der Waals surface area contributed by atoms with Crippen LogP contribution in [0.4, 0.5) is 5.69 Å². The van der Waals surface area contributed by atoms with Crippen LogP contribution < -0.4 is 14.2 Å². The van der Waals surface area contributed by atoms with Crippen LogP contribution in [0.1, 0.15) is 6.92 Å². The molecule has 0 saturated heterocycles. The highest BCUT2D eigenvalue weighted by Crippen LogP contribution is 2.34. The number of thioether (sulfide) groups is 1. The van der Waals surface area contributed by atoms with Crippen molar-refractivity contribution in [2.75, 3.05) is 23.7 Å². The Kier molecular flexibility index (Phi) is 4.68. The van der Waals surface area contributed by atoms with E-state index in [0.717, 1.165) is 20.3 Å². The van der Waals surface area contributed by atoms with Gasteiger partial charge < -0.3 is 9.47 Å². The highest BCUT2D eigenvalue weighted by Gasteiger charge is 2.20. The van der Waals surface area contributed by atoms with Gasteiger partial charge in [0.25, 0.3) is 10.0 Å². The average Bonchev–Trinajstić information content (AvgIpc) is 3.03. The van der Waals surface area contributed by atoms with E-state index in [9.17, 15) is 8.42 Å². The fourth-order valence-electron chi connectivity index (χ4n) is 2.56. The minimum Gasteiger partial charge on any atom is -0.486 e. The number of hydrogen-bond acceptors (Lipinski definition) is 7. The molecular weight excluding hydrogens is 392 g/mol. The first-order valence-electron chi connectivity index (χ1n) is 8.01. The van der Waals surface area contributed by atoms with Crippen LogP contribution in [0.5, 0.6) is 11.5 Å². The molecule has 3 aromatic rings. The fraction of sp³-hybridized carbons (Fsp3) is 0.235. The number of benzene rings is 2. The van der Waals surface area contributed by atoms with Gasteiger partial charge in [0.2, 0.25) is 0 Å².